The van der Waals surface area contributed by atoms with E-state index < -0.39 is 16.2 Å². The monoisotopic (exact) mass is 590 g/mol. The number of para-hydroxylation sites is 1. The van der Waals surface area contributed by atoms with Gasteiger partial charge in [-0.3, -0.25) is 9.35 Å². The fourth-order valence-electron chi connectivity index (χ4n) is 5.59. The van der Waals surface area contributed by atoms with Crippen molar-refractivity contribution in [1.29, 1.82) is 0 Å². The van der Waals surface area contributed by atoms with Crippen LogP contribution >= 0.6 is 0 Å². The molecule has 216 valence electrons. The average Bonchev–Trinajstić information content (AvgIpc) is 3.48. The summed E-state index contributed by atoms with van der Waals surface area (Å²) in [6, 6.07) is 34.6. The lowest BCUT2D eigenvalue weighted by Gasteiger charge is -2.23. The molecule has 1 atom stereocenters. The van der Waals surface area contributed by atoms with Crippen molar-refractivity contribution in [2.75, 3.05) is 4.31 Å². The van der Waals surface area contributed by atoms with Gasteiger partial charge in [-0.05, 0) is 61.4 Å². The second kappa shape index (κ2) is 12.2. The summed E-state index contributed by atoms with van der Waals surface area (Å²) in [5.74, 6) is 0.543. The van der Waals surface area contributed by atoms with E-state index in [0.717, 1.165) is 47.2 Å². The van der Waals surface area contributed by atoms with Gasteiger partial charge in [0.05, 0.1) is 5.69 Å². The Morgan fingerprint density at radius 3 is 2.19 bits per heavy atom. The fraction of sp³-hybridized carbons (Fsp3) is 0.143. The highest BCUT2D eigenvalue weighted by Gasteiger charge is 2.30. The van der Waals surface area contributed by atoms with Gasteiger partial charge >= 0.3 is 10.3 Å². The normalized spacial score (nSPS) is 15.1. The third-order valence-corrected chi connectivity index (χ3v) is 8.42. The lowest BCUT2D eigenvalue weighted by Crippen LogP contribution is -2.36. The van der Waals surface area contributed by atoms with Crippen LogP contribution in [0.15, 0.2) is 126 Å². The molecule has 0 fully saturated rings. The first-order valence-corrected chi connectivity index (χ1v) is 15.6. The zero-order valence-electron chi connectivity index (χ0n) is 23.3. The van der Waals surface area contributed by atoms with Gasteiger partial charge in [-0.1, -0.05) is 97.1 Å². The highest BCUT2D eigenvalue weighted by Crippen LogP contribution is 2.40. The first-order valence-electron chi connectivity index (χ1n) is 14.2. The number of rotatable bonds is 8. The Labute approximate surface area is 251 Å². The molecule has 1 aliphatic rings. The van der Waals surface area contributed by atoms with Crippen molar-refractivity contribution in [3.8, 4) is 22.6 Å². The molecule has 0 aliphatic heterocycles. The number of carbonyl (C=O) groups is 1. The number of benzene rings is 4. The first-order chi connectivity index (χ1) is 20.9. The molecule has 1 heterocycles. The van der Waals surface area contributed by atoms with E-state index in [0.29, 0.717) is 22.4 Å². The highest BCUT2D eigenvalue weighted by molar-refractivity contribution is 7.88. The van der Waals surface area contributed by atoms with Gasteiger partial charge in [0.1, 0.15) is 5.69 Å². The molecule has 1 amide bonds. The number of hydrogen-bond acceptors (Lipinski definition) is 5. The van der Waals surface area contributed by atoms with Gasteiger partial charge in [-0.25, -0.2) is 4.98 Å². The van der Waals surface area contributed by atoms with Crippen molar-refractivity contribution < 1.29 is 22.2 Å². The van der Waals surface area contributed by atoms with Gasteiger partial charge in [0.25, 0.3) is 5.91 Å². The van der Waals surface area contributed by atoms with Crippen LogP contribution in [0.25, 0.3) is 28.2 Å². The van der Waals surface area contributed by atoms with Crippen LogP contribution in [0.1, 0.15) is 41.1 Å². The largest absolute Gasteiger partial charge is 0.436 e. The standard InChI is InChI=1S/C35H30N2O5S/c38-35(37(43(39,40)41)30-20-8-3-9-21-30)29-19-12-13-25(24-29)23-28-18-10-11-22-31(28)34-36-32(26-14-4-1-5-15-26)33(42-34)27-16-6-2-7-17-27/h1-9,12-17,19-22,24,28H,10-11,18,23H2,(H,39,40,41). The minimum Gasteiger partial charge on any atom is -0.436 e. The molecule has 0 spiro atoms. The molecule has 4 aromatic carbocycles. The van der Waals surface area contributed by atoms with E-state index in [9.17, 15) is 17.8 Å². The van der Waals surface area contributed by atoms with Gasteiger partial charge < -0.3 is 4.42 Å². The van der Waals surface area contributed by atoms with Crippen LogP contribution in [0.5, 0.6) is 0 Å². The number of amides is 1. The Hall–Kier alpha value is -4.79. The summed E-state index contributed by atoms with van der Waals surface area (Å²) in [6.07, 6.45) is 5.63. The Morgan fingerprint density at radius 1 is 0.860 bits per heavy atom. The molecule has 1 aromatic heterocycles. The van der Waals surface area contributed by atoms with Crippen LogP contribution < -0.4 is 4.31 Å². The van der Waals surface area contributed by atoms with Crippen molar-refractivity contribution in [2.24, 2.45) is 5.92 Å². The van der Waals surface area contributed by atoms with E-state index >= 15 is 0 Å². The van der Waals surface area contributed by atoms with Gasteiger partial charge in [0.2, 0.25) is 5.89 Å². The molecular weight excluding hydrogens is 560 g/mol. The smallest absolute Gasteiger partial charge is 0.366 e. The SMILES string of the molecule is O=C(c1cccc(CC2CCCC=C2c2nc(-c3ccccc3)c(-c3ccccc3)o2)c1)N(c1ccccc1)S(=O)(=O)O. The molecule has 0 radical (unpaired) electrons. The predicted octanol–water partition coefficient (Wildman–Crippen LogP) is 7.88. The molecule has 0 saturated carbocycles. The summed E-state index contributed by atoms with van der Waals surface area (Å²) in [4.78, 5) is 18.4. The minimum absolute atomic E-state index is 0.0604. The second-order valence-corrected chi connectivity index (χ2v) is 11.8. The molecule has 1 unspecified atom stereocenters. The third kappa shape index (κ3) is 6.21. The molecule has 1 aliphatic carbocycles. The lowest BCUT2D eigenvalue weighted by molar-refractivity contribution is 0.100. The zero-order valence-corrected chi connectivity index (χ0v) is 24.2. The maximum absolute atomic E-state index is 13.4. The summed E-state index contributed by atoms with van der Waals surface area (Å²) in [6.45, 7) is 0. The Morgan fingerprint density at radius 2 is 1.51 bits per heavy atom. The number of hydrogen-bond donors (Lipinski definition) is 1. The molecule has 43 heavy (non-hydrogen) atoms. The Kier molecular flexibility index (Phi) is 8.05. The molecule has 6 rings (SSSR count). The van der Waals surface area contributed by atoms with E-state index in [1.165, 1.54) is 12.1 Å². The van der Waals surface area contributed by atoms with Crippen LogP contribution in [0.2, 0.25) is 0 Å². The number of nitrogens with zero attached hydrogens (tertiary/aromatic N) is 2. The van der Waals surface area contributed by atoms with Gasteiger partial charge in [-0.2, -0.15) is 12.7 Å². The van der Waals surface area contributed by atoms with E-state index in [4.69, 9.17) is 9.40 Å². The predicted molar refractivity (Wildman–Crippen MR) is 168 cm³/mol. The minimum atomic E-state index is -4.84. The topological polar surface area (TPSA) is 101 Å². The summed E-state index contributed by atoms with van der Waals surface area (Å²) in [5.41, 5.74) is 4.81. The fourth-order valence-corrected chi connectivity index (χ4v) is 6.29. The summed E-state index contributed by atoms with van der Waals surface area (Å²) < 4.78 is 41.3. The first kappa shape index (κ1) is 28.3. The maximum Gasteiger partial charge on any atom is 0.366 e. The number of allylic oxidation sites excluding steroid dienone is 2. The highest BCUT2D eigenvalue weighted by atomic mass is 32.2. The van der Waals surface area contributed by atoms with Crippen LogP contribution in [-0.2, 0) is 16.7 Å². The number of aromatic nitrogens is 1. The summed E-state index contributed by atoms with van der Waals surface area (Å²) >= 11 is 0. The van der Waals surface area contributed by atoms with Crippen molar-refractivity contribution in [1.82, 2.24) is 4.98 Å². The molecule has 0 saturated heterocycles. The molecule has 8 heteroatoms. The van der Waals surface area contributed by atoms with E-state index in [1.54, 1.807) is 36.4 Å². The maximum atomic E-state index is 13.4. The average molecular weight is 591 g/mol. The number of oxazole rings is 1. The molecular formula is C35H30N2O5S. The van der Waals surface area contributed by atoms with Crippen molar-refractivity contribution >= 4 is 27.5 Å². The number of carbonyl (C=O) groups excluding carboxylic acids is 1. The molecule has 5 aromatic rings. The Balaban J connectivity index is 1.32. The summed E-state index contributed by atoms with van der Waals surface area (Å²) in [7, 11) is -4.84. The van der Waals surface area contributed by atoms with Crippen molar-refractivity contribution in [3.05, 3.63) is 138 Å². The van der Waals surface area contributed by atoms with Crippen LogP contribution in [-0.4, -0.2) is 23.9 Å². The lowest BCUT2D eigenvalue weighted by atomic mass is 9.83. The number of anilines is 1. The zero-order chi connectivity index (χ0) is 29.8. The van der Waals surface area contributed by atoms with Crippen LogP contribution in [0.4, 0.5) is 5.69 Å². The van der Waals surface area contributed by atoms with Crippen LogP contribution in [0.3, 0.4) is 0 Å². The third-order valence-electron chi connectivity index (χ3n) is 7.58. The quantitative estimate of drug-likeness (QED) is 0.185. The van der Waals surface area contributed by atoms with Gasteiger partial charge in [0.15, 0.2) is 5.76 Å². The summed E-state index contributed by atoms with van der Waals surface area (Å²) in [5, 5.41) is 0. The van der Waals surface area contributed by atoms with E-state index in [2.05, 4.69) is 6.08 Å². The van der Waals surface area contributed by atoms with Crippen molar-refractivity contribution in [2.45, 2.75) is 25.7 Å². The molecule has 0 bridgehead atoms. The van der Waals surface area contributed by atoms with E-state index in [-0.39, 0.29) is 17.2 Å². The molecule has 7 nitrogen and oxygen atoms in total. The van der Waals surface area contributed by atoms with Gasteiger partial charge in [0, 0.05) is 22.3 Å². The van der Waals surface area contributed by atoms with E-state index in [1.807, 2.05) is 66.7 Å². The Bertz CT molecular complexity index is 1810. The van der Waals surface area contributed by atoms with Gasteiger partial charge in [-0.15, -0.1) is 0 Å². The van der Waals surface area contributed by atoms with Crippen LogP contribution in [0, 0.1) is 5.92 Å². The molecule has 1 N–H and O–H groups in total. The second-order valence-electron chi connectivity index (χ2n) is 10.5. The van der Waals surface area contributed by atoms with Crippen molar-refractivity contribution in [3.63, 3.8) is 0 Å².